The number of aliphatic imine (C=N–C) groups is 1. The Kier molecular flexibility index (Phi) is 6.29. The number of para-hydroxylation sites is 1. The lowest BCUT2D eigenvalue weighted by molar-refractivity contribution is -0.122. The molecule has 9 heteroatoms. The van der Waals surface area contributed by atoms with Gasteiger partial charge in [-0.05, 0) is 61.2 Å². The van der Waals surface area contributed by atoms with Gasteiger partial charge in [0.15, 0.2) is 5.17 Å². The molecule has 0 aliphatic carbocycles. The number of hydrogen-bond donors (Lipinski definition) is 0. The number of hydrogen-bond acceptors (Lipinski definition) is 7. The third kappa shape index (κ3) is 4.40. The van der Waals surface area contributed by atoms with Crippen molar-refractivity contribution in [3.63, 3.8) is 0 Å². The molecule has 1 saturated heterocycles. The highest BCUT2D eigenvalue weighted by molar-refractivity contribution is 8.18. The average Bonchev–Trinajstić information content (AvgIpc) is 3.60. The van der Waals surface area contributed by atoms with Crippen molar-refractivity contribution in [3.05, 3.63) is 82.8 Å². The summed E-state index contributed by atoms with van der Waals surface area (Å²) in [5.41, 5.74) is 3.49. The number of carbonyl (C=O) groups is 1. The molecular weight excluding hydrogens is 466 g/mol. The Labute approximate surface area is 205 Å². The van der Waals surface area contributed by atoms with Crippen LogP contribution >= 0.6 is 23.1 Å². The number of likely N-dealkylation sites (N-methyl/N-ethyl adjacent to an activating group) is 1. The fourth-order valence-corrected chi connectivity index (χ4v) is 5.14. The van der Waals surface area contributed by atoms with E-state index in [1.54, 1.807) is 18.2 Å². The Morgan fingerprint density at radius 3 is 2.59 bits per heavy atom. The van der Waals surface area contributed by atoms with E-state index in [1.165, 1.54) is 23.1 Å². The molecule has 1 aliphatic rings. The molecule has 1 aliphatic heterocycles. The van der Waals surface area contributed by atoms with E-state index < -0.39 is 0 Å². The van der Waals surface area contributed by atoms with Crippen LogP contribution in [0.15, 0.2) is 82.3 Å². The Hall–Kier alpha value is -3.69. The van der Waals surface area contributed by atoms with E-state index in [1.807, 2.05) is 83.9 Å². The first kappa shape index (κ1) is 22.1. The first-order chi connectivity index (χ1) is 16.7. The number of nitrogens with zero attached hydrogens (tertiary/aromatic N) is 5. The summed E-state index contributed by atoms with van der Waals surface area (Å²) in [5, 5.41) is 7.98. The summed E-state index contributed by atoms with van der Waals surface area (Å²) in [6, 6.07) is 17.6. The molecule has 0 atom stereocenters. The van der Waals surface area contributed by atoms with Crippen LogP contribution in [0.4, 0.5) is 5.13 Å². The number of rotatable bonds is 6. The molecule has 4 aromatic rings. The summed E-state index contributed by atoms with van der Waals surface area (Å²) >= 11 is 2.80. The lowest BCUT2D eigenvalue weighted by atomic mass is 10.1. The molecule has 0 radical (unpaired) electrons. The van der Waals surface area contributed by atoms with Gasteiger partial charge in [0, 0.05) is 35.4 Å². The second kappa shape index (κ2) is 9.66. The van der Waals surface area contributed by atoms with Gasteiger partial charge in [0.05, 0.1) is 23.4 Å². The normalized spacial score (nSPS) is 16.1. The van der Waals surface area contributed by atoms with E-state index in [0.717, 1.165) is 28.3 Å². The van der Waals surface area contributed by atoms with Gasteiger partial charge in [-0.15, -0.1) is 11.3 Å². The highest BCUT2D eigenvalue weighted by Crippen LogP contribution is 2.36. The van der Waals surface area contributed by atoms with Crippen molar-refractivity contribution in [1.29, 1.82) is 0 Å². The van der Waals surface area contributed by atoms with Gasteiger partial charge in [0.25, 0.3) is 5.91 Å². The van der Waals surface area contributed by atoms with Crippen LogP contribution in [0.5, 0.6) is 5.75 Å². The van der Waals surface area contributed by atoms with Crippen LogP contribution in [-0.2, 0) is 4.79 Å². The number of thioether (sulfide) groups is 1. The maximum atomic E-state index is 13.2. The summed E-state index contributed by atoms with van der Waals surface area (Å²) in [6.45, 7) is 2.47. The fraction of sp³-hybridized carbons (Fsp3) is 0.120. The van der Waals surface area contributed by atoms with E-state index in [0.29, 0.717) is 21.7 Å². The van der Waals surface area contributed by atoms with Crippen molar-refractivity contribution in [3.8, 4) is 22.7 Å². The van der Waals surface area contributed by atoms with Crippen molar-refractivity contribution in [2.24, 2.45) is 4.99 Å². The Balaban J connectivity index is 1.58. The lowest BCUT2D eigenvalue weighted by Crippen LogP contribution is -2.28. The van der Waals surface area contributed by atoms with Gasteiger partial charge < -0.3 is 4.74 Å². The van der Waals surface area contributed by atoms with Crippen LogP contribution in [0, 0.1) is 0 Å². The molecule has 170 valence electrons. The Bertz CT molecular complexity index is 1360. The smallest absolute Gasteiger partial charge is 0.266 e. The maximum Gasteiger partial charge on any atom is 0.266 e. The van der Waals surface area contributed by atoms with E-state index in [9.17, 15) is 4.79 Å². The molecular formula is C25H21N5O2S2. The van der Waals surface area contributed by atoms with E-state index in [4.69, 9.17) is 9.84 Å². The highest BCUT2D eigenvalue weighted by Gasteiger charge is 2.33. The fourth-order valence-electron chi connectivity index (χ4n) is 3.54. The average molecular weight is 488 g/mol. The molecule has 0 unspecified atom stereocenters. The first-order valence-electron chi connectivity index (χ1n) is 10.7. The molecule has 0 bridgehead atoms. The summed E-state index contributed by atoms with van der Waals surface area (Å²) in [7, 11) is 1.64. The highest BCUT2D eigenvalue weighted by atomic mass is 32.2. The van der Waals surface area contributed by atoms with Crippen molar-refractivity contribution in [1.82, 2.24) is 19.7 Å². The largest absolute Gasteiger partial charge is 0.497 e. The number of thiazole rings is 1. The van der Waals surface area contributed by atoms with Crippen LogP contribution in [0.2, 0.25) is 0 Å². The third-order valence-corrected chi connectivity index (χ3v) is 6.90. The quantitative estimate of drug-likeness (QED) is 0.330. The van der Waals surface area contributed by atoms with Crippen molar-refractivity contribution < 1.29 is 9.53 Å². The SMILES string of the molecule is CCN1C(=O)/C(=C/c2cn(-c3ccccc3)nc2-c2ccc(OC)cc2)S/C1=N/c1nccs1. The monoisotopic (exact) mass is 487 g/mol. The number of carbonyl (C=O) groups excluding carboxylic acids is 1. The summed E-state index contributed by atoms with van der Waals surface area (Å²) in [5.74, 6) is 0.699. The van der Waals surface area contributed by atoms with Gasteiger partial charge in [0.1, 0.15) is 5.75 Å². The van der Waals surface area contributed by atoms with Gasteiger partial charge in [-0.1, -0.05) is 18.2 Å². The minimum absolute atomic E-state index is 0.0732. The predicted octanol–water partition coefficient (Wildman–Crippen LogP) is 5.63. The standard InChI is InChI=1S/C25H21N5O2S2/c1-3-29-23(31)21(34-25(29)27-24-26-13-14-33-24)15-18-16-30(19-7-5-4-6-8-19)28-22(18)17-9-11-20(32-2)12-10-17/h4-16H,3H2,1-2H3/b21-15-,27-25+. The van der Waals surface area contributed by atoms with Crippen LogP contribution in [0.25, 0.3) is 23.0 Å². The zero-order valence-electron chi connectivity index (χ0n) is 18.6. The first-order valence-corrected chi connectivity index (χ1v) is 12.3. The molecule has 1 fully saturated rings. The molecule has 0 saturated carbocycles. The van der Waals surface area contributed by atoms with Crippen LogP contribution in [-0.4, -0.2) is 44.4 Å². The molecule has 2 aromatic carbocycles. The van der Waals surface area contributed by atoms with E-state index in [2.05, 4.69) is 9.98 Å². The van der Waals surface area contributed by atoms with Crippen LogP contribution in [0.1, 0.15) is 12.5 Å². The number of aromatic nitrogens is 3. The molecule has 3 heterocycles. The van der Waals surface area contributed by atoms with Gasteiger partial charge in [-0.25, -0.2) is 9.67 Å². The van der Waals surface area contributed by atoms with Gasteiger partial charge in [-0.3, -0.25) is 9.69 Å². The molecule has 5 rings (SSSR count). The second-order valence-corrected chi connectivity index (χ2v) is 9.19. The topological polar surface area (TPSA) is 72.6 Å². The number of amides is 1. The van der Waals surface area contributed by atoms with Crippen molar-refractivity contribution >= 4 is 45.4 Å². The molecule has 34 heavy (non-hydrogen) atoms. The number of ether oxygens (including phenoxy) is 1. The number of methoxy groups -OCH3 is 1. The zero-order chi connectivity index (χ0) is 23.5. The zero-order valence-corrected chi connectivity index (χ0v) is 20.2. The number of amidine groups is 1. The summed E-state index contributed by atoms with van der Waals surface area (Å²) < 4.78 is 7.13. The van der Waals surface area contributed by atoms with Crippen molar-refractivity contribution in [2.75, 3.05) is 13.7 Å². The lowest BCUT2D eigenvalue weighted by Gasteiger charge is -2.11. The molecule has 7 nitrogen and oxygen atoms in total. The molecule has 0 N–H and O–H groups in total. The maximum absolute atomic E-state index is 13.2. The van der Waals surface area contributed by atoms with Crippen LogP contribution < -0.4 is 4.74 Å². The predicted molar refractivity (Wildman–Crippen MR) is 138 cm³/mol. The number of benzene rings is 2. The van der Waals surface area contributed by atoms with Crippen molar-refractivity contribution in [2.45, 2.75) is 6.92 Å². The third-order valence-electron chi connectivity index (χ3n) is 5.23. The molecule has 2 aromatic heterocycles. The van der Waals surface area contributed by atoms with Gasteiger partial charge in [-0.2, -0.15) is 10.1 Å². The molecule has 0 spiro atoms. The van der Waals surface area contributed by atoms with E-state index in [-0.39, 0.29) is 5.91 Å². The summed E-state index contributed by atoms with van der Waals surface area (Å²) in [6.07, 6.45) is 5.55. The minimum atomic E-state index is -0.0732. The minimum Gasteiger partial charge on any atom is -0.497 e. The Morgan fingerprint density at radius 2 is 1.91 bits per heavy atom. The van der Waals surface area contributed by atoms with Gasteiger partial charge >= 0.3 is 0 Å². The molecule has 1 amide bonds. The van der Waals surface area contributed by atoms with Gasteiger partial charge in [0.2, 0.25) is 5.13 Å². The van der Waals surface area contributed by atoms with E-state index >= 15 is 0 Å². The van der Waals surface area contributed by atoms with Crippen LogP contribution in [0.3, 0.4) is 0 Å². The second-order valence-electron chi connectivity index (χ2n) is 7.31. The Morgan fingerprint density at radius 1 is 1.12 bits per heavy atom. The summed E-state index contributed by atoms with van der Waals surface area (Å²) in [4.78, 5) is 24.3.